The van der Waals surface area contributed by atoms with Crippen molar-refractivity contribution >= 4 is 9.84 Å². The van der Waals surface area contributed by atoms with Crippen molar-refractivity contribution in [2.45, 2.75) is 44.8 Å². The molecule has 2 aliphatic heterocycles. The normalized spacial score (nSPS) is 36.6. The van der Waals surface area contributed by atoms with Crippen molar-refractivity contribution in [2.75, 3.05) is 24.6 Å². The molecule has 0 radical (unpaired) electrons. The van der Waals surface area contributed by atoms with Crippen LogP contribution >= 0.6 is 0 Å². The van der Waals surface area contributed by atoms with Crippen LogP contribution in [0.25, 0.3) is 0 Å². The zero-order chi connectivity index (χ0) is 11.8. The molecule has 0 aromatic rings. The Morgan fingerprint density at radius 2 is 2.19 bits per heavy atom. The molecule has 3 unspecified atom stereocenters. The fourth-order valence-electron chi connectivity index (χ4n) is 2.85. The minimum atomic E-state index is -2.82. The maximum absolute atomic E-state index is 11.7. The third-order valence-corrected chi connectivity index (χ3v) is 5.62. The largest absolute Gasteiger partial charge is 0.311 e. The van der Waals surface area contributed by atoms with E-state index in [9.17, 15) is 8.42 Å². The second-order valence-corrected chi connectivity index (χ2v) is 7.21. The molecule has 2 fully saturated rings. The van der Waals surface area contributed by atoms with E-state index in [1.165, 1.54) is 0 Å². The molecular weight excluding hydrogens is 224 g/mol. The first-order chi connectivity index (χ1) is 7.53. The van der Waals surface area contributed by atoms with Crippen molar-refractivity contribution in [2.24, 2.45) is 0 Å². The highest BCUT2D eigenvalue weighted by molar-refractivity contribution is 7.91. The summed E-state index contributed by atoms with van der Waals surface area (Å²) in [5.74, 6) is 0.666. The van der Waals surface area contributed by atoms with Crippen LogP contribution in [-0.4, -0.2) is 56.0 Å². The molecule has 4 nitrogen and oxygen atoms in total. The van der Waals surface area contributed by atoms with Gasteiger partial charge in [-0.15, -0.1) is 0 Å². The van der Waals surface area contributed by atoms with Gasteiger partial charge in [-0.2, -0.15) is 0 Å². The van der Waals surface area contributed by atoms with Gasteiger partial charge in [0, 0.05) is 24.7 Å². The first-order valence-corrected chi connectivity index (χ1v) is 8.05. The molecule has 94 valence electrons. The monoisotopic (exact) mass is 246 g/mol. The molecule has 0 aromatic carbocycles. The molecular formula is C11H22N2O2S. The Balaban J connectivity index is 2.18. The Kier molecular flexibility index (Phi) is 3.56. The molecule has 2 saturated heterocycles. The van der Waals surface area contributed by atoms with Crippen LogP contribution in [-0.2, 0) is 9.84 Å². The van der Waals surface area contributed by atoms with Gasteiger partial charge in [-0.05, 0) is 26.3 Å². The second kappa shape index (κ2) is 4.63. The van der Waals surface area contributed by atoms with Gasteiger partial charge in [0.2, 0.25) is 0 Å². The lowest BCUT2D eigenvalue weighted by atomic mass is 10.1. The molecule has 0 bridgehead atoms. The van der Waals surface area contributed by atoms with Gasteiger partial charge < -0.3 is 5.32 Å². The fourth-order valence-corrected chi connectivity index (χ4v) is 4.81. The topological polar surface area (TPSA) is 49.4 Å². The van der Waals surface area contributed by atoms with E-state index in [2.05, 4.69) is 24.1 Å². The van der Waals surface area contributed by atoms with E-state index in [1.807, 2.05) is 0 Å². The van der Waals surface area contributed by atoms with E-state index in [0.717, 1.165) is 25.9 Å². The molecule has 2 heterocycles. The van der Waals surface area contributed by atoms with Gasteiger partial charge in [-0.1, -0.05) is 6.92 Å². The lowest BCUT2D eigenvalue weighted by molar-refractivity contribution is 0.149. The zero-order valence-electron chi connectivity index (χ0n) is 10.1. The number of sulfone groups is 1. The SMILES string of the molecule is CCC(C)N1CCCNC2CS(=O)(=O)CC21. The highest BCUT2D eigenvalue weighted by atomic mass is 32.2. The fraction of sp³-hybridized carbons (Fsp3) is 1.00. The minimum absolute atomic E-state index is 0.154. The van der Waals surface area contributed by atoms with Gasteiger partial charge in [-0.3, -0.25) is 4.90 Å². The first kappa shape index (κ1) is 12.3. The second-order valence-electron chi connectivity index (χ2n) is 5.05. The van der Waals surface area contributed by atoms with Gasteiger partial charge in [0.05, 0.1) is 11.5 Å². The lowest BCUT2D eigenvalue weighted by Crippen LogP contribution is -2.49. The molecule has 5 heteroatoms. The van der Waals surface area contributed by atoms with Crippen LogP contribution in [0, 0.1) is 0 Å². The summed E-state index contributed by atoms with van der Waals surface area (Å²) < 4.78 is 23.4. The Morgan fingerprint density at radius 1 is 1.44 bits per heavy atom. The van der Waals surface area contributed by atoms with Crippen molar-refractivity contribution in [1.29, 1.82) is 0 Å². The zero-order valence-corrected chi connectivity index (χ0v) is 11.0. The van der Waals surface area contributed by atoms with Gasteiger partial charge in [0.25, 0.3) is 0 Å². The third kappa shape index (κ3) is 2.41. The molecule has 16 heavy (non-hydrogen) atoms. The highest BCUT2D eigenvalue weighted by Crippen LogP contribution is 2.23. The quantitative estimate of drug-likeness (QED) is 0.758. The minimum Gasteiger partial charge on any atom is -0.311 e. The van der Waals surface area contributed by atoms with Crippen LogP contribution in [0.3, 0.4) is 0 Å². The molecule has 2 aliphatic rings. The summed E-state index contributed by atoms with van der Waals surface area (Å²) >= 11 is 0. The highest BCUT2D eigenvalue weighted by Gasteiger charge is 2.42. The maximum atomic E-state index is 11.7. The summed E-state index contributed by atoms with van der Waals surface area (Å²) in [6, 6.07) is 0.838. The number of hydrogen-bond donors (Lipinski definition) is 1. The molecule has 0 amide bonds. The van der Waals surface area contributed by atoms with Gasteiger partial charge in [-0.25, -0.2) is 8.42 Å². The molecule has 0 saturated carbocycles. The van der Waals surface area contributed by atoms with Crippen LogP contribution in [0.5, 0.6) is 0 Å². The smallest absolute Gasteiger partial charge is 0.153 e. The van der Waals surface area contributed by atoms with Crippen molar-refractivity contribution in [3.8, 4) is 0 Å². The van der Waals surface area contributed by atoms with Crippen molar-refractivity contribution in [1.82, 2.24) is 10.2 Å². The molecule has 1 N–H and O–H groups in total. The Morgan fingerprint density at radius 3 is 2.88 bits per heavy atom. The average Bonchev–Trinajstić information content (AvgIpc) is 2.40. The van der Waals surface area contributed by atoms with E-state index in [4.69, 9.17) is 0 Å². The van der Waals surface area contributed by atoms with Crippen LogP contribution in [0.1, 0.15) is 26.7 Å². The van der Waals surface area contributed by atoms with E-state index in [1.54, 1.807) is 0 Å². The molecule has 3 atom stereocenters. The summed E-state index contributed by atoms with van der Waals surface area (Å²) in [7, 11) is -2.82. The van der Waals surface area contributed by atoms with Crippen LogP contribution in [0.2, 0.25) is 0 Å². The summed E-state index contributed by atoms with van der Waals surface area (Å²) in [6.07, 6.45) is 2.21. The summed E-state index contributed by atoms with van der Waals surface area (Å²) in [4.78, 5) is 2.40. The van der Waals surface area contributed by atoms with Gasteiger partial charge >= 0.3 is 0 Å². The maximum Gasteiger partial charge on any atom is 0.153 e. The number of nitrogens with zero attached hydrogens (tertiary/aromatic N) is 1. The summed E-state index contributed by atoms with van der Waals surface area (Å²) in [6.45, 7) is 6.34. The molecule has 0 spiro atoms. The number of rotatable bonds is 2. The van der Waals surface area contributed by atoms with Crippen molar-refractivity contribution in [3.05, 3.63) is 0 Å². The standard InChI is InChI=1S/C11H22N2O2S/c1-3-9(2)13-6-4-5-12-10-7-16(14,15)8-11(10)13/h9-12H,3-8H2,1-2H3. The first-order valence-electron chi connectivity index (χ1n) is 6.23. The number of hydrogen-bond acceptors (Lipinski definition) is 4. The number of fused-ring (bicyclic) bond motifs is 1. The van der Waals surface area contributed by atoms with E-state index in [0.29, 0.717) is 17.5 Å². The predicted octanol–water partition coefficient (Wildman–Crippen LogP) is 0.246. The summed E-state index contributed by atoms with van der Waals surface area (Å²) in [5, 5.41) is 3.39. The van der Waals surface area contributed by atoms with Gasteiger partial charge in [0.1, 0.15) is 0 Å². The third-order valence-electron chi connectivity index (χ3n) is 3.91. The number of nitrogens with one attached hydrogen (secondary N) is 1. The van der Waals surface area contributed by atoms with Crippen molar-refractivity contribution in [3.63, 3.8) is 0 Å². The Labute approximate surface area is 98.3 Å². The Bertz CT molecular complexity index is 342. The van der Waals surface area contributed by atoms with Crippen LogP contribution < -0.4 is 5.32 Å². The van der Waals surface area contributed by atoms with E-state index < -0.39 is 9.84 Å². The van der Waals surface area contributed by atoms with E-state index in [-0.39, 0.29) is 12.1 Å². The molecule has 2 rings (SSSR count). The van der Waals surface area contributed by atoms with Crippen LogP contribution in [0.15, 0.2) is 0 Å². The van der Waals surface area contributed by atoms with E-state index >= 15 is 0 Å². The van der Waals surface area contributed by atoms with Crippen LogP contribution in [0.4, 0.5) is 0 Å². The average molecular weight is 246 g/mol. The summed E-state index contributed by atoms with van der Waals surface area (Å²) in [5.41, 5.74) is 0. The lowest BCUT2D eigenvalue weighted by Gasteiger charge is -2.34. The van der Waals surface area contributed by atoms with Gasteiger partial charge in [0.15, 0.2) is 9.84 Å². The van der Waals surface area contributed by atoms with Crippen molar-refractivity contribution < 1.29 is 8.42 Å². The molecule has 0 aliphatic carbocycles. The molecule has 0 aromatic heterocycles. The Hall–Kier alpha value is -0.130. The predicted molar refractivity (Wildman–Crippen MR) is 65.3 cm³/mol.